The molecule has 56 valence electrons. The SMILES string of the molecule is Cc1[nH]nc2c(N)nccc12. The number of anilines is 1. The van der Waals surface area contributed by atoms with Crippen molar-refractivity contribution in [1.82, 2.24) is 15.2 Å². The van der Waals surface area contributed by atoms with Crippen LogP contribution in [-0.4, -0.2) is 15.2 Å². The first-order valence-corrected chi connectivity index (χ1v) is 3.34. The smallest absolute Gasteiger partial charge is 0.151 e. The number of nitrogens with zero attached hydrogens (tertiary/aromatic N) is 2. The molecule has 0 aliphatic heterocycles. The Morgan fingerprint density at radius 3 is 3.09 bits per heavy atom. The number of hydrogen-bond donors (Lipinski definition) is 2. The number of hydrogen-bond acceptors (Lipinski definition) is 3. The summed E-state index contributed by atoms with van der Waals surface area (Å²) in [5.74, 6) is 0.479. The van der Waals surface area contributed by atoms with Crippen LogP contribution in [0.2, 0.25) is 0 Å². The van der Waals surface area contributed by atoms with Crippen LogP contribution >= 0.6 is 0 Å². The molecule has 2 heterocycles. The summed E-state index contributed by atoms with van der Waals surface area (Å²) < 4.78 is 0. The van der Waals surface area contributed by atoms with E-state index in [0.29, 0.717) is 5.82 Å². The first-order valence-electron chi connectivity index (χ1n) is 3.34. The summed E-state index contributed by atoms with van der Waals surface area (Å²) >= 11 is 0. The van der Waals surface area contributed by atoms with Crippen molar-refractivity contribution in [2.75, 3.05) is 5.73 Å². The largest absolute Gasteiger partial charge is 0.382 e. The molecule has 11 heavy (non-hydrogen) atoms. The predicted molar refractivity (Wildman–Crippen MR) is 43.0 cm³/mol. The van der Waals surface area contributed by atoms with Gasteiger partial charge in [0.05, 0.1) is 0 Å². The van der Waals surface area contributed by atoms with Gasteiger partial charge in [0.25, 0.3) is 0 Å². The van der Waals surface area contributed by atoms with Crippen LogP contribution in [0, 0.1) is 6.92 Å². The fourth-order valence-electron chi connectivity index (χ4n) is 1.09. The number of aromatic amines is 1. The molecule has 0 unspecified atom stereocenters. The first-order chi connectivity index (χ1) is 5.29. The van der Waals surface area contributed by atoms with Crippen LogP contribution in [0.25, 0.3) is 10.9 Å². The zero-order valence-electron chi connectivity index (χ0n) is 6.13. The Kier molecular flexibility index (Phi) is 1.09. The quantitative estimate of drug-likeness (QED) is 0.582. The van der Waals surface area contributed by atoms with Gasteiger partial charge in [0.2, 0.25) is 0 Å². The summed E-state index contributed by atoms with van der Waals surface area (Å²) in [6.45, 7) is 1.95. The maximum Gasteiger partial charge on any atom is 0.151 e. The molecule has 0 aliphatic carbocycles. The van der Waals surface area contributed by atoms with E-state index in [0.717, 1.165) is 16.6 Å². The molecule has 0 saturated heterocycles. The van der Waals surface area contributed by atoms with Crippen molar-refractivity contribution in [3.05, 3.63) is 18.0 Å². The number of H-pyrrole nitrogens is 1. The minimum Gasteiger partial charge on any atom is -0.382 e. The molecule has 0 spiro atoms. The summed E-state index contributed by atoms with van der Waals surface area (Å²) in [4.78, 5) is 3.92. The van der Waals surface area contributed by atoms with Gasteiger partial charge in [0, 0.05) is 17.3 Å². The highest BCUT2D eigenvalue weighted by molar-refractivity contribution is 5.88. The summed E-state index contributed by atoms with van der Waals surface area (Å²) in [6.07, 6.45) is 1.68. The van der Waals surface area contributed by atoms with Gasteiger partial charge < -0.3 is 5.73 Å². The number of pyridine rings is 1. The normalized spacial score (nSPS) is 10.6. The van der Waals surface area contributed by atoms with Crippen molar-refractivity contribution >= 4 is 16.7 Å². The summed E-state index contributed by atoms with van der Waals surface area (Å²) in [7, 11) is 0. The third-order valence-electron chi connectivity index (χ3n) is 1.69. The maximum atomic E-state index is 5.58. The number of rotatable bonds is 0. The summed E-state index contributed by atoms with van der Waals surface area (Å²) in [6, 6.07) is 1.89. The van der Waals surface area contributed by atoms with E-state index in [4.69, 9.17) is 5.73 Å². The average molecular weight is 148 g/mol. The Labute approximate surface area is 63.4 Å². The van der Waals surface area contributed by atoms with Gasteiger partial charge >= 0.3 is 0 Å². The second-order valence-corrected chi connectivity index (χ2v) is 2.44. The van der Waals surface area contributed by atoms with Crippen molar-refractivity contribution in [3.8, 4) is 0 Å². The molecular formula is C7H8N4. The minimum absolute atomic E-state index is 0.479. The molecule has 0 aliphatic rings. The molecule has 3 N–H and O–H groups in total. The minimum atomic E-state index is 0.479. The molecule has 2 rings (SSSR count). The highest BCUT2D eigenvalue weighted by atomic mass is 15.1. The fraction of sp³-hybridized carbons (Fsp3) is 0.143. The van der Waals surface area contributed by atoms with Gasteiger partial charge in [-0.1, -0.05) is 0 Å². The van der Waals surface area contributed by atoms with Gasteiger partial charge in [-0.2, -0.15) is 5.10 Å². The highest BCUT2D eigenvalue weighted by Crippen LogP contribution is 2.17. The Morgan fingerprint density at radius 2 is 2.36 bits per heavy atom. The maximum absolute atomic E-state index is 5.58. The molecule has 0 aromatic carbocycles. The van der Waals surface area contributed by atoms with Gasteiger partial charge in [0.15, 0.2) is 5.82 Å². The molecule has 0 bridgehead atoms. The Morgan fingerprint density at radius 1 is 1.55 bits per heavy atom. The van der Waals surface area contributed by atoms with Crippen LogP contribution in [0.15, 0.2) is 12.3 Å². The molecular weight excluding hydrogens is 140 g/mol. The number of aryl methyl sites for hydroxylation is 1. The summed E-state index contributed by atoms with van der Waals surface area (Å²) in [5.41, 5.74) is 7.35. The molecule has 0 amide bonds. The van der Waals surface area contributed by atoms with Crippen LogP contribution in [0.1, 0.15) is 5.69 Å². The molecule has 0 saturated carbocycles. The van der Waals surface area contributed by atoms with Crippen LogP contribution in [0.4, 0.5) is 5.82 Å². The average Bonchev–Trinajstić information content (AvgIpc) is 2.35. The number of aromatic nitrogens is 3. The monoisotopic (exact) mass is 148 g/mol. The van der Waals surface area contributed by atoms with Crippen molar-refractivity contribution in [1.29, 1.82) is 0 Å². The van der Waals surface area contributed by atoms with E-state index in [2.05, 4.69) is 15.2 Å². The van der Waals surface area contributed by atoms with E-state index in [1.807, 2.05) is 13.0 Å². The van der Waals surface area contributed by atoms with Gasteiger partial charge in [-0.3, -0.25) is 5.10 Å². The first kappa shape index (κ1) is 6.15. The number of nitrogens with two attached hydrogens (primary N) is 1. The van der Waals surface area contributed by atoms with Crippen LogP contribution in [0.5, 0.6) is 0 Å². The lowest BCUT2D eigenvalue weighted by Crippen LogP contribution is -1.89. The molecule has 4 heteroatoms. The lowest BCUT2D eigenvalue weighted by molar-refractivity contribution is 1.07. The van der Waals surface area contributed by atoms with Crippen molar-refractivity contribution < 1.29 is 0 Å². The van der Waals surface area contributed by atoms with Crippen LogP contribution < -0.4 is 5.73 Å². The molecule has 4 nitrogen and oxygen atoms in total. The Bertz CT molecular complexity index is 390. The van der Waals surface area contributed by atoms with Crippen molar-refractivity contribution in [2.45, 2.75) is 6.92 Å². The number of nitrogens with one attached hydrogen (secondary N) is 1. The zero-order valence-corrected chi connectivity index (χ0v) is 6.13. The van der Waals surface area contributed by atoms with Crippen molar-refractivity contribution in [3.63, 3.8) is 0 Å². The molecule has 2 aromatic rings. The second-order valence-electron chi connectivity index (χ2n) is 2.44. The van der Waals surface area contributed by atoms with E-state index in [9.17, 15) is 0 Å². The van der Waals surface area contributed by atoms with Gasteiger partial charge in [-0.25, -0.2) is 4.98 Å². The van der Waals surface area contributed by atoms with E-state index in [1.54, 1.807) is 6.20 Å². The standard InChI is InChI=1S/C7H8N4/c1-4-5-2-3-9-7(8)6(5)11-10-4/h2-3H,1H3,(H2,8,9)(H,10,11). The lowest BCUT2D eigenvalue weighted by Gasteiger charge is -1.90. The van der Waals surface area contributed by atoms with E-state index in [1.165, 1.54) is 0 Å². The lowest BCUT2D eigenvalue weighted by atomic mass is 10.2. The van der Waals surface area contributed by atoms with E-state index < -0.39 is 0 Å². The molecule has 0 radical (unpaired) electrons. The predicted octanol–water partition coefficient (Wildman–Crippen LogP) is 0.849. The van der Waals surface area contributed by atoms with Crippen molar-refractivity contribution in [2.24, 2.45) is 0 Å². The Balaban J connectivity index is 2.94. The molecule has 2 aromatic heterocycles. The summed E-state index contributed by atoms with van der Waals surface area (Å²) in [5, 5.41) is 7.89. The second kappa shape index (κ2) is 1.95. The third-order valence-corrected chi connectivity index (χ3v) is 1.69. The Hall–Kier alpha value is -1.58. The molecule has 0 fully saturated rings. The van der Waals surface area contributed by atoms with Crippen LogP contribution in [0.3, 0.4) is 0 Å². The van der Waals surface area contributed by atoms with Gasteiger partial charge in [-0.05, 0) is 13.0 Å². The van der Waals surface area contributed by atoms with E-state index in [-0.39, 0.29) is 0 Å². The van der Waals surface area contributed by atoms with Crippen LogP contribution in [-0.2, 0) is 0 Å². The molecule has 0 atom stereocenters. The zero-order chi connectivity index (χ0) is 7.84. The third kappa shape index (κ3) is 0.756. The van der Waals surface area contributed by atoms with Gasteiger partial charge in [-0.15, -0.1) is 0 Å². The topological polar surface area (TPSA) is 67.6 Å². The number of fused-ring (bicyclic) bond motifs is 1. The van der Waals surface area contributed by atoms with Gasteiger partial charge in [0.1, 0.15) is 5.52 Å². The fourth-order valence-corrected chi connectivity index (χ4v) is 1.09. The number of nitrogen functional groups attached to an aromatic ring is 1. The van der Waals surface area contributed by atoms with E-state index >= 15 is 0 Å². The highest BCUT2D eigenvalue weighted by Gasteiger charge is 2.03.